The highest BCUT2D eigenvalue weighted by molar-refractivity contribution is 7.98. The summed E-state index contributed by atoms with van der Waals surface area (Å²) in [7, 11) is 0. The Hall–Kier alpha value is -11.9. The van der Waals surface area contributed by atoms with E-state index in [2.05, 4.69) is 15.0 Å². The van der Waals surface area contributed by atoms with Gasteiger partial charge in [-0.3, -0.25) is 28.8 Å². The minimum absolute atomic E-state index is 0.0474. The maximum absolute atomic E-state index is 15.2. The van der Waals surface area contributed by atoms with E-state index in [1.54, 1.807) is 0 Å². The van der Waals surface area contributed by atoms with Crippen molar-refractivity contribution in [2.45, 2.75) is 197 Å². The minimum Gasteiger partial charge on any atom is -0.336 e. The van der Waals surface area contributed by atoms with Crippen molar-refractivity contribution < 1.29 is 134 Å². The largest absolute Gasteiger partial charge is 0.416 e. The van der Waals surface area contributed by atoms with Crippen molar-refractivity contribution in [3.05, 3.63) is 350 Å². The third-order valence-corrected chi connectivity index (χ3v) is 23.5. The molecule has 762 valence electrons. The van der Waals surface area contributed by atoms with Crippen molar-refractivity contribution in [2.75, 3.05) is 78.2 Å². The second-order valence-corrected chi connectivity index (χ2v) is 33.1. The Balaban J connectivity index is 0.000000234. The topological polar surface area (TPSA) is 175 Å². The molecule has 3 amide bonds. The Morgan fingerprint density at radius 1 is 0.382 bits per heavy atom. The van der Waals surface area contributed by atoms with Crippen molar-refractivity contribution in [2.24, 2.45) is 11.8 Å². The highest BCUT2D eigenvalue weighted by Gasteiger charge is 2.36. The molecule has 0 fully saturated rings. The van der Waals surface area contributed by atoms with Crippen LogP contribution >= 0.6 is 35.3 Å². The van der Waals surface area contributed by atoms with Gasteiger partial charge >= 0.3 is 18.5 Å². The Labute approximate surface area is 913 Å². The van der Waals surface area contributed by atoms with Gasteiger partial charge < -0.3 is 43.1 Å². The number of fused-ring (bicyclic) bond motifs is 3. The summed E-state index contributed by atoms with van der Waals surface area (Å²) in [6.45, 7) is -27.5. The van der Waals surface area contributed by atoms with Crippen molar-refractivity contribution in [1.82, 2.24) is 58.1 Å². The van der Waals surface area contributed by atoms with Crippen LogP contribution in [0.1, 0.15) is 218 Å². The molecule has 3 aliphatic rings. The molecule has 15 rings (SSSR count). The number of amides is 3. The van der Waals surface area contributed by atoms with E-state index in [-0.39, 0.29) is 125 Å². The number of aromatic nitrogens is 6. The van der Waals surface area contributed by atoms with E-state index in [4.69, 9.17) is 50.7 Å². The molecule has 3 heterocycles. The molecule has 0 radical (unpaired) electrons. The van der Waals surface area contributed by atoms with Gasteiger partial charge in [-0.15, -0.1) is 0 Å². The van der Waals surface area contributed by atoms with Crippen LogP contribution in [0.15, 0.2) is 242 Å². The lowest BCUT2D eigenvalue weighted by Gasteiger charge is -2.28. The molecule has 2 unspecified atom stereocenters. The Bertz CT molecular complexity index is 9230. The first-order valence-corrected chi connectivity index (χ1v) is 46.2. The number of nitrogens with zero attached hydrogens (tertiary/aromatic N) is 12. The van der Waals surface area contributed by atoms with Gasteiger partial charge in [0, 0.05) is 140 Å². The van der Waals surface area contributed by atoms with Crippen LogP contribution in [0.5, 0.6) is 0 Å². The van der Waals surface area contributed by atoms with Crippen molar-refractivity contribution in [1.29, 1.82) is 0 Å². The van der Waals surface area contributed by atoms with Crippen LogP contribution in [0.3, 0.4) is 0 Å². The number of hydrogen-bond acceptors (Lipinski definition) is 15. The van der Waals surface area contributed by atoms with Gasteiger partial charge in [0.2, 0.25) is 17.7 Å². The molecule has 0 saturated heterocycles. The number of carbonyl (C=O) groups is 3. The van der Waals surface area contributed by atoms with E-state index in [1.807, 2.05) is 0 Å². The third kappa shape index (κ3) is 29.5. The molecule has 3 aliphatic carbocycles. The number of likely N-dealkylation sites (N-methyl/N-ethyl adjacent to an activating group) is 3. The molecule has 2 atom stereocenters. The molecule has 3 aromatic heterocycles. The monoisotopic (exact) mass is 2090 g/mol. The minimum atomic E-state index is -5.45. The molecule has 0 bridgehead atoms. The van der Waals surface area contributed by atoms with Gasteiger partial charge in [-0.25, -0.2) is 13.2 Å². The predicted octanol–water partition coefficient (Wildman–Crippen LogP) is 22.5. The van der Waals surface area contributed by atoms with E-state index in [1.165, 1.54) is 65.8 Å². The fraction of sp³-hybridized carbons (Fsp3) is 0.378. The van der Waals surface area contributed by atoms with E-state index < -0.39 is 398 Å². The van der Waals surface area contributed by atoms with Crippen LogP contribution in [-0.2, 0) is 127 Å². The number of thioether (sulfide) groups is 3. The standard InChI is InChI=1S/3C37H40F4N4O2S/c2*1-4-43(5-2)18-19-44(22-26-6-10-28(11-7-26)29-12-14-30(15-13-29)37(39,40)41)34(46)23-45-33-21-25(3)20-32(33)35(47)42-36(45)48-24-27-8-16-31(38)17-9-27;1-4-43(5-2)19-20-44(22-26-9-13-28(14-10-26)29-15-18-32(25(3)21-29)37(39,40)41)34(46)23-45-33-8-6-7-31(33)35(47)42-36(45)48-24-27-11-16-30(38)17-12-27/h2*6-17,25H,4-5,18-24H2,1-3H3;9-18,21H,4-8,19-20,22-24H2,1-3H3/i6D,7D,10D,11D,12D,13D,14D,15D,18D2,19D2,20D2,21D2,22D2,24D2,25D;18D2,19D2,20D2,21D2,22D2,24D2,25D;9D,10D,13D,14D,15D,18D,19D2,20D2,21D,22D2,24D2. The van der Waals surface area contributed by atoms with E-state index >= 15 is 4.79 Å². The number of alkyl halides is 9. The lowest BCUT2D eigenvalue weighted by Crippen LogP contribution is -2.40. The second kappa shape index (κ2) is 50.3. The average molecular weight is 2090 g/mol. The predicted molar refractivity (Wildman–Crippen MR) is 544 cm³/mol. The zero-order valence-electron chi connectivity index (χ0n) is 127. The molecule has 33 heteroatoms. The zero-order chi connectivity index (χ0) is 147. The Morgan fingerprint density at radius 3 is 1.06 bits per heavy atom. The summed E-state index contributed by atoms with van der Waals surface area (Å²) in [5, 5.41) is -2.24. The van der Waals surface area contributed by atoms with Gasteiger partial charge in [-0.05, 0) is 242 Å². The first-order chi connectivity index (χ1) is 87.9. The van der Waals surface area contributed by atoms with Crippen molar-refractivity contribution in [3.8, 4) is 33.4 Å². The zero-order valence-corrected chi connectivity index (χ0v) is 80.1. The van der Waals surface area contributed by atoms with Crippen LogP contribution in [0, 0.1) is 36.2 Å². The van der Waals surface area contributed by atoms with E-state index in [0.717, 1.165) is 137 Å². The summed E-state index contributed by atoms with van der Waals surface area (Å²) in [4.78, 5) is 98.8. The highest BCUT2D eigenvalue weighted by Crippen LogP contribution is 2.39. The number of halogens is 12. The van der Waals surface area contributed by atoms with Gasteiger partial charge in [0.05, 0.1) is 53.7 Å². The van der Waals surface area contributed by atoms with E-state index in [9.17, 15) is 93.1 Å². The second-order valence-electron chi connectivity index (χ2n) is 30.8. The first kappa shape index (κ1) is 60.9. The fourth-order valence-electron chi connectivity index (χ4n) is 13.5. The maximum Gasteiger partial charge on any atom is 0.416 e. The molecule has 12 aromatic rings. The third-order valence-electron chi connectivity index (χ3n) is 21.0. The van der Waals surface area contributed by atoms with Crippen LogP contribution in [0.2, 0.25) is 0 Å². The molecule has 18 nitrogen and oxygen atoms in total. The molecular weight excluding hydrogens is 1920 g/mol. The summed E-state index contributed by atoms with van der Waals surface area (Å²) in [6, 6.07) is -0.806. The average Bonchev–Trinajstić information content (AvgIpc) is 1.51. The first-order valence-electron chi connectivity index (χ1n) is 68.3. The summed E-state index contributed by atoms with van der Waals surface area (Å²) >= 11 is 0.374. The van der Waals surface area contributed by atoms with Crippen molar-refractivity contribution >= 4 is 53.0 Å². The normalized spacial score (nSPS) is 22.4. The summed E-state index contributed by atoms with van der Waals surface area (Å²) in [5.41, 5.74) is -28.9. The van der Waals surface area contributed by atoms with Gasteiger partial charge in [0.25, 0.3) is 16.7 Å². The Kier molecular flexibility index (Phi) is 21.3. The highest BCUT2D eigenvalue weighted by atomic mass is 32.2. The van der Waals surface area contributed by atoms with Crippen LogP contribution < -0.4 is 16.7 Å². The quantitative estimate of drug-likeness (QED) is 0.0202. The van der Waals surface area contributed by atoms with Crippen LogP contribution in [-0.4, -0.2) is 154 Å². The maximum atomic E-state index is 15.2. The van der Waals surface area contributed by atoms with Crippen LogP contribution in [0.25, 0.3) is 33.4 Å². The Morgan fingerprint density at radius 2 is 0.701 bits per heavy atom. The molecule has 0 N–H and O–H groups in total. The summed E-state index contributed by atoms with van der Waals surface area (Å²) in [6.07, 6.45) is -27.5. The van der Waals surface area contributed by atoms with Gasteiger partial charge in [0.1, 0.15) is 37.1 Å². The summed E-state index contributed by atoms with van der Waals surface area (Å²) < 4.78 is 600. The number of benzene rings is 9. The molecule has 9 aromatic carbocycles. The lowest BCUT2D eigenvalue weighted by atomic mass is 9.98. The number of carbonyl (C=O) groups excluding carboxylic acids is 3. The molecule has 144 heavy (non-hydrogen) atoms. The molecule has 0 spiro atoms. The van der Waals surface area contributed by atoms with Gasteiger partial charge in [0.15, 0.2) is 15.5 Å². The molecule has 0 saturated carbocycles. The van der Waals surface area contributed by atoms with Gasteiger partial charge in [-0.2, -0.15) is 54.5 Å². The number of hydrogen-bond donors (Lipinski definition) is 0. The SMILES string of the molecule is [2H]C([2H])(Sc1nc(=O)c2c(n1CC(=O)N(C([2H])([2H])c1ccc(-c3ccc(C(F)(F)F)cc3)cc1)C([2H])([2H])C([2H])([2H])N(CC)CC)C([2H])([2H])C([2H])(C)C2([2H])[2H])c1ccc(F)cc1.[2H]c1c([2H])c(C(F)(F)F)c([2H])c([2H])c1-c1c([2H])c([2H])c(C([2H])([2H])N(C(=O)Cn2c(SC([2H])([2H])c3ccc(F)cc3)nc(=O)c3c2C([2H])([2H])C([2H])(C)C3([2H])[2H])C([2H])([2H])C([2H])([2H])N(CC)CC)c([2H])c1[2H].[2H]c1c([2H])c(C([2H])([2H])N(C(=O)Cn2c(SC([2H])([2H])c3ccc(F)cc3)nc(=O)c3c2CCC3)C([2H])([2H])C([2H])([2H])N(CC)CC)c([2H])c([2H])c1-c1c([2H])c([2H])c(C(F)(F)F)c(C)c1[2H]. The van der Waals surface area contributed by atoms with Crippen LogP contribution in [0.4, 0.5) is 52.7 Å². The molecular formula is C111H120F12N12O6S3. The van der Waals surface area contributed by atoms with Gasteiger partial charge in [-0.1, -0.05) is 236 Å². The lowest BCUT2D eigenvalue weighted by molar-refractivity contribution is -0.138. The smallest absolute Gasteiger partial charge is 0.336 e. The number of rotatable bonds is 39. The summed E-state index contributed by atoms with van der Waals surface area (Å²) in [5.74, 6) is -13.2. The van der Waals surface area contributed by atoms with E-state index in [0.29, 0.717) is 27.3 Å². The molecule has 0 aliphatic heterocycles. The van der Waals surface area contributed by atoms with Crippen molar-refractivity contribution in [3.63, 3.8) is 0 Å². The fourth-order valence-corrected chi connectivity index (χ4v) is 15.7.